The molecule has 0 spiro atoms. The van der Waals surface area contributed by atoms with Crippen LogP contribution in [0.3, 0.4) is 0 Å². The maximum atomic E-state index is 6.40. The fraction of sp³-hybridized carbons (Fsp3) is 0.320. The van der Waals surface area contributed by atoms with E-state index < -0.39 is 0 Å². The van der Waals surface area contributed by atoms with Gasteiger partial charge in [0.1, 0.15) is 0 Å². The van der Waals surface area contributed by atoms with Gasteiger partial charge in [0.2, 0.25) is 5.82 Å². The van der Waals surface area contributed by atoms with Gasteiger partial charge in [0, 0.05) is 36.2 Å². The molecular formula is C25H32N5+. The first-order chi connectivity index (χ1) is 14.6. The van der Waals surface area contributed by atoms with E-state index in [-0.39, 0.29) is 0 Å². The number of aryl methyl sites for hydroxylation is 2. The predicted molar refractivity (Wildman–Crippen MR) is 126 cm³/mol. The van der Waals surface area contributed by atoms with Gasteiger partial charge in [-0.25, -0.2) is 0 Å². The SMILES string of the molecule is CC=C(N)c1cc(-c2ccnc(CCc3ccccc3)c2)[nH]c1[N+]1(C)CCNCC1. The van der Waals surface area contributed by atoms with Gasteiger partial charge in [-0.15, -0.1) is 0 Å². The summed E-state index contributed by atoms with van der Waals surface area (Å²) in [5.74, 6) is 1.20. The number of hydrogen-bond acceptors (Lipinski definition) is 3. The zero-order valence-corrected chi connectivity index (χ0v) is 18.0. The monoisotopic (exact) mass is 402 g/mol. The summed E-state index contributed by atoms with van der Waals surface area (Å²) in [7, 11) is 2.29. The summed E-state index contributed by atoms with van der Waals surface area (Å²) in [6, 6.07) is 17.1. The van der Waals surface area contributed by atoms with Crippen molar-refractivity contribution in [3.05, 3.63) is 77.6 Å². The minimum atomic E-state index is 0.823. The summed E-state index contributed by atoms with van der Waals surface area (Å²) < 4.78 is 0.864. The van der Waals surface area contributed by atoms with Crippen LogP contribution < -0.4 is 15.5 Å². The lowest BCUT2D eigenvalue weighted by molar-refractivity contribution is 0.282. The Morgan fingerprint density at radius 1 is 1.10 bits per heavy atom. The van der Waals surface area contributed by atoms with Crippen LogP contribution in [0.2, 0.25) is 0 Å². The Morgan fingerprint density at radius 3 is 2.60 bits per heavy atom. The second kappa shape index (κ2) is 8.86. The van der Waals surface area contributed by atoms with Gasteiger partial charge in [-0.05, 0) is 43.5 Å². The summed E-state index contributed by atoms with van der Waals surface area (Å²) in [6.07, 6.45) is 5.82. The van der Waals surface area contributed by atoms with E-state index in [2.05, 4.69) is 70.9 Å². The first-order valence-corrected chi connectivity index (χ1v) is 10.8. The van der Waals surface area contributed by atoms with E-state index in [1.54, 1.807) is 0 Å². The number of rotatable bonds is 6. The molecule has 0 bridgehead atoms. The molecule has 1 aromatic carbocycles. The minimum absolute atomic E-state index is 0.823. The van der Waals surface area contributed by atoms with Crippen LogP contribution in [0.4, 0.5) is 5.82 Å². The van der Waals surface area contributed by atoms with Crippen molar-refractivity contribution in [3.8, 4) is 11.3 Å². The second-order valence-electron chi connectivity index (χ2n) is 8.30. The largest absolute Gasteiger partial charge is 0.398 e. The van der Waals surface area contributed by atoms with Gasteiger partial charge in [0.25, 0.3) is 0 Å². The number of piperazine rings is 1. The molecule has 156 valence electrons. The van der Waals surface area contributed by atoms with Crippen LogP contribution in [0.1, 0.15) is 23.7 Å². The lowest BCUT2D eigenvalue weighted by Gasteiger charge is -2.37. The number of nitrogens with zero attached hydrogens (tertiary/aromatic N) is 2. The lowest BCUT2D eigenvalue weighted by atomic mass is 10.1. The highest BCUT2D eigenvalue weighted by Crippen LogP contribution is 2.34. The number of nitrogens with two attached hydrogens (primary N) is 1. The number of nitrogens with one attached hydrogen (secondary N) is 2. The zero-order valence-electron chi connectivity index (χ0n) is 18.0. The Morgan fingerprint density at radius 2 is 1.87 bits per heavy atom. The van der Waals surface area contributed by atoms with Crippen molar-refractivity contribution in [2.45, 2.75) is 19.8 Å². The van der Waals surface area contributed by atoms with Gasteiger partial charge in [0.05, 0.1) is 31.4 Å². The van der Waals surface area contributed by atoms with Gasteiger partial charge in [0.15, 0.2) is 0 Å². The molecule has 1 aliphatic heterocycles. The molecule has 5 heteroatoms. The van der Waals surface area contributed by atoms with Gasteiger partial charge in [-0.1, -0.05) is 36.4 Å². The summed E-state index contributed by atoms with van der Waals surface area (Å²) in [6.45, 7) is 6.11. The fourth-order valence-electron chi connectivity index (χ4n) is 4.21. The third kappa shape index (κ3) is 4.32. The lowest BCUT2D eigenvalue weighted by Crippen LogP contribution is -2.57. The standard InChI is InChI=1S/C25H32N5/c1-3-23(26)22-18-24(29-25(22)30(2)15-13-27-14-16-30)20-11-12-28-21(17-20)10-9-19-7-5-4-6-8-19/h3-8,11-12,17-18,27,29H,9-10,13-16,26H2,1-2H3/q+1. The number of quaternary nitrogens is 1. The van der Waals surface area contributed by atoms with E-state index in [0.717, 1.165) is 71.7 Å². The van der Waals surface area contributed by atoms with Crippen molar-refractivity contribution in [2.75, 3.05) is 33.2 Å². The molecule has 1 fully saturated rings. The summed E-state index contributed by atoms with van der Waals surface area (Å²) in [5, 5.41) is 3.46. The van der Waals surface area contributed by atoms with Crippen LogP contribution in [0.5, 0.6) is 0 Å². The molecule has 0 saturated carbocycles. The predicted octanol–water partition coefficient (Wildman–Crippen LogP) is 3.72. The maximum absolute atomic E-state index is 6.40. The van der Waals surface area contributed by atoms with Crippen molar-refractivity contribution in [1.82, 2.24) is 19.8 Å². The van der Waals surface area contributed by atoms with Crippen LogP contribution in [0.15, 0.2) is 60.8 Å². The molecule has 4 N–H and O–H groups in total. The quantitative estimate of drug-likeness (QED) is 0.551. The van der Waals surface area contributed by atoms with Crippen LogP contribution >= 0.6 is 0 Å². The van der Waals surface area contributed by atoms with Crippen LogP contribution in [0, 0.1) is 0 Å². The number of pyridine rings is 1. The van der Waals surface area contributed by atoms with Crippen LogP contribution in [-0.2, 0) is 12.8 Å². The molecule has 3 aromatic rings. The fourth-order valence-corrected chi connectivity index (χ4v) is 4.21. The third-order valence-electron chi connectivity index (χ3n) is 6.16. The van der Waals surface area contributed by atoms with Gasteiger partial charge >= 0.3 is 0 Å². The molecule has 0 amide bonds. The molecule has 30 heavy (non-hydrogen) atoms. The van der Waals surface area contributed by atoms with Gasteiger partial charge in [-0.3, -0.25) is 9.47 Å². The molecule has 3 heterocycles. The van der Waals surface area contributed by atoms with E-state index >= 15 is 0 Å². The van der Waals surface area contributed by atoms with Crippen molar-refractivity contribution < 1.29 is 0 Å². The highest BCUT2D eigenvalue weighted by Gasteiger charge is 2.32. The Kier molecular flexibility index (Phi) is 6.02. The average Bonchev–Trinajstić information content (AvgIpc) is 3.25. The highest BCUT2D eigenvalue weighted by atomic mass is 15.4. The Balaban J connectivity index is 1.64. The molecule has 0 radical (unpaired) electrons. The maximum Gasteiger partial charge on any atom is 0.215 e. The van der Waals surface area contributed by atoms with Gasteiger partial charge < -0.3 is 16.0 Å². The second-order valence-corrected chi connectivity index (χ2v) is 8.30. The van der Waals surface area contributed by atoms with E-state index in [1.165, 1.54) is 11.4 Å². The Bertz CT molecular complexity index is 1010. The van der Waals surface area contributed by atoms with Crippen molar-refractivity contribution in [3.63, 3.8) is 0 Å². The summed E-state index contributed by atoms with van der Waals surface area (Å²) >= 11 is 0. The zero-order chi connectivity index (χ0) is 21.0. The Hall–Kier alpha value is -2.89. The molecule has 4 rings (SSSR count). The topological polar surface area (TPSA) is 66.7 Å². The normalized spacial score (nSPS) is 16.5. The molecule has 5 nitrogen and oxygen atoms in total. The Labute approximate surface area is 179 Å². The first-order valence-electron chi connectivity index (χ1n) is 10.8. The first kappa shape index (κ1) is 20.4. The van der Waals surface area contributed by atoms with E-state index in [4.69, 9.17) is 5.73 Å². The number of benzene rings is 1. The van der Waals surface area contributed by atoms with E-state index in [0.29, 0.717) is 0 Å². The molecule has 0 unspecified atom stereocenters. The number of aromatic amines is 1. The molecule has 0 atom stereocenters. The van der Waals surface area contributed by atoms with E-state index in [9.17, 15) is 0 Å². The van der Waals surface area contributed by atoms with Crippen molar-refractivity contribution in [1.29, 1.82) is 0 Å². The third-order valence-corrected chi connectivity index (χ3v) is 6.16. The van der Waals surface area contributed by atoms with E-state index in [1.807, 2.05) is 19.2 Å². The van der Waals surface area contributed by atoms with Crippen molar-refractivity contribution >= 4 is 11.5 Å². The molecule has 1 saturated heterocycles. The smallest absolute Gasteiger partial charge is 0.215 e. The number of allylic oxidation sites excluding steroid dienone is 1. The molecule has 2 aromatic heterocycles. The number of aromatic nitrogens is 2. The minimum Gasteiger partial charge on any atom is -0.398 e. The number of H-pyrrole nitrogens is 1. The molecule has 1 aliphatic rings. The van der Waals surface area contributed by atoms with Crippen LogP contribution in [-0.4, -0.2) is 43.2 Å². The van der Waals surface area contributed by atoms with Crippen LogP contribution in [0.25, 0.3) is 17.0 Å². The van der Waals surface area contributed by atoms with Gasteiger partial charge in [-0.2, -0.15) is 0 Å². The number of likely N-dealkylation sites (N-methyl/N-ethyl adjacent to an activating group) is 1. The molecular weight excluding hydrogens is 370 g/mol. The summed E-state index contributed by atoms with van der Waals surface area (Å²) in [5.41, 5.74) is 13.0. The number of hydrogen-bond donors (Lipinski definition) is 3. The highest BCUT2D eigenvalue weighted by molar-refractivity contribution is 5.78. The molecule has 0 aliphatic carbocycles. The van der Waals surface area contributed by atoms with Crippen molar-refractivity contribution in [2.24, 2.45) is 5.73 Å². The average molecular weight is 403 g/mol. The summed E-state index contributed by atoms with van der Waals surface area (Å²) in [4.78, 5) is 8.32.